The van der Waals surface area contributed by atoms with Gasteiger partial charge < -0.3 is 10.1 Å². The molecule has 0 aliphatic carbocycles. The van der Waals surface area contributed by atoms with Gasteiger partial charge in [-0.2, -0.15) is 0 Å². The van der Waals surface area contributed by atoms with Crippen LogP contribution >= 0.6 is 10.7 Å². The number of carbonyl (C=O) groups excluding carboxylic acids is 1. The SMILES string of the molecule is Cc1ccc(C(=O)NCCOCC(F)F)cc1S(=O)(=O)Cl. The highest BCUT2D eigenvalue weighted by Gasteiger charge is 2.16. The molecular formula is C12H14ClF2NO4S. The smallest absolute Gasteiger partial charge is 0.261 e. The largest absolute Gasteiger partial charge is 0.374 e. The number of alkyl halides is 2. The van der Waals surface area contributed by atoms with Crippen LogP contribution in [0.4, 0.5) is 8.78 Å². The molecule has 0 saturated heterocycles. The van der Waals surface area contributed by atoms with E-state index in [9.17, 15) is 22.0 Å². The number of halogens is 3. The molecule has 0 bridgehead atoms. The Morgan fingerprint density at radius 1 is 1.43 bits per heavy atom. The van der Waals surface area contributed by atoms with Gasteiger partial charge in [-0.3, -0.25) is 4.79 Å². The average molecular weight is 342 g/mol. The molecule has 1 rings (SSSR count). The van der Waals surface area contributed by atoms with Gasteiger partial charge in [0.15, 0.2) is 0 Å². The van der Waals surface area contributed by atoms with Gasteiger partial charge in [-0.05, 0) is 24.6 Å². The molecule has 0 aromatic heterocycles. The number of amides is 1. The third-order valence-corrected chi connectivity index (χ3v) is 3.95. The summed E-state index contributed by atoms with van der Waals surface area (Å²) in [6.07, 6.45) is -2.56. The number of nitrogens with one attached hydrogen (secondary N) is 1. The second kappa shape index (κ2) is 7.67. The summed E-state index contributed by atoms with van der Waals surface area (Å²) in [6, 6.07) is 4.06. The number of rotatable bonds is 7. The number of hydrogen-bond donors (Lipinski definition) is 1. The van der Waals surface area contributed by atoms with Gasteiger partial charge in [0.2, 0.25) is 0 Å². The number of hydrogen-bond acceptors (Lipinski definition) is 4. The molecule has 0 radical (unpaired) electrons. The topological polar surface area (TPSA) is 72.5 Å². The van der Waals surface area contributed by atoms with Crippen LogP contribution in [0.5, 0.6) is 0 Å². The van der Waals surface area contributed by atoms with Gasteiger partial charge in [0.05, 0.1) is 11.5 Å². The van der Waals surface area contributed by atoms with Crippen molar-refractivity contribution < 1.29 is 26.7 Å². The van der Waals surface area contributed by atoms with E-state index in [1.165, 1.54) is 12.1 Å². The lowest BCUT2D eigenvalue weighted by Crippen LogP contribution is -2.28. The quantitative estimate of drug-likeness (QED) is 0.607. The lowest BCUT2D eigenvalue weighted by molar-refractivity contribution is 0.0188. The molecule has 0 aliphatic rings. The standard InChI is InChI=1S/C12H14ClF2NO4S/c1-8-2-3-9(6-10(8)21(13,18)19)12(17)16-4-5-20-7-11(14)15/h2-3,6,11H,4-5,7H2,1H3,(H,16,17). The van der Waals surface area contributed by atoms with E-state index in [1.807, 2.05) is 0 Å². The van der Waals surface area contributed by atoms with Gasteiger partial charge in [-0.15, -0.1) is 0 Å². The first-order valence-electron chi connectivity index (χ1n) is 5.91. The zero-order valence-corrected chi connectivity index (χ0v) is 12.7. The zero-order valence-electron chi connectivity index (χ0n) is 11.1. The summed E-state index contributed by atoms with van der Waals surface area (Å²) in [5.74, 6) is -0.544. The third kappa shape index (κ3) is 5.94. The van der Waals surface area contributed by atoms with Crippen molar-refractivity contribution in [3.05, 3.63) is 29.3 Å². The van der Waals surface area contributed by atoms with Crippen molar-refractivity contribution in [3.63, 3.8) is 0 Å². The van der Waals surface area contributed by atoms with E-state index in [0.29, 0.717) is 5.56 Å². The number of benzene rings is 1. The van der Waals surface area contributed by atoms with E-state index in [0.717, 1.165) is 6.07 Å². The fourth-order valence-corrected chi connectivity index (χ4v) is 2.73. The van der Waals surface area contributed by atoms with E-state index in [1.54, 1.807) is 6.92 Å². The van der Waals surface area contributed by atoms with E-state index in [-0.39, 0.29) is 23.6 Å². The summed E-state index contributed by atoms with van der Waals surface area (Å²) in [7, 11) is 1.32. The van der Waals surface area contributed by atoms with Gasteiger partial charge >= 0.3 is 0 Å². The van der Waals surface area contributed by atoms with E-state index in [4.69, 9.17) is 10.7 Å². The van der Waals surface area contributed by atoms with E-state index < -0.39 is 28.0 Å². The molecule has 1 amide bonds. The molecule has 0 saturated carbocycles. The Morgan fingerprint density at radius 3 is 2.67 bits per heavy atom. The van der Waals surface area contributed by atoms with Crippen molar-refractivity contribution in [1.82, 2.24) is 5.32 Å². The molecule has 0 spiro atoms. The molecule has 118 valence electrons. The molecule has 9 heteroatoms. The van der Waals surface area contributed by atoms with Crippen LogP contribution < -0.4 is 5.32 Å². The van der Waals surface area contributed by atoms with Crippen molar-refractivity contribution in [2.75, 3.05) is 19.8 Å². The van der Waals surface area contributed by atoms with Crippen molar-refractivity contribution in [3.8, 4) is 0 Å². The second-order valence-electron chi connectivity index (χ2n) is 4.14. The van der Waals surface area contributed by atoms with Crippen LogP contribution in [0.1, 0.15) is 15.9 Å². The number of aryl methyl sites for hydroxylation is 1. The van der Waals surface area contributed by atoms with Crippen molar-refractivity contribution in [2.24, 2.45) is 0 Å². The maximum absolute atomic E-state index is 11.8. The summed E-state index contributed by atoms with van der Waals surface area (Å²) in [5, 5.41) is 2.42. The Morgan fingerprint density at radius 2 is 2.10 bits per heavy atom. The molecule has 0 atom stereocenters. The maximum atomic E-state index is 11.8. The Balaban J connectivity index is 2.63. The molecule has 5 nitrogen and oxygen atoms in total. The molecule has 0 unspecified atom stereocenters. The van der Waals surface area contributed by atoms with Gasteiger partial charge in [-0.25, -0.2) is 17.2 Å². The van der Waals surface area contributed by atoms with Crippen LogP contribution in [-0.4, -0.2) is 40.5 Å². The summed E-state index contributed by atoms with van der Waals surface area (Å²) >= 11 is 0. The lowest BCUT2D eigenvalue weighted by Gasteiger charge is -2.08. The van der Waals surface area contributed by atoms with Crippen molar-refractivity contribution in [1.29, 1.82) is 0 Å². The van der Waals surface area contributed by atoms with Gasteiger partial charge in [0, 0.05) is 22.8 Å². The summed E-state index contributed by atoms with van der Waals surface area (Å²) < 4.78 is 50.9. The molecule has 0 aliphatic heterocycles. The summed E-state index contributed by atoms with van der Waals surface area (Å²) in [5.41, 5.74) is 0.524. The first kappa shape index (κ1) is 17.8. The summed E-state index contributed by atoms with van der Waals surface area (Å²) in [4.78, 5) is 11.6. The first-order valence-corrected chi connectivity index (χ1v) is 8.22. The van der Waals surface area contributed by atoms with Crippen molar-refractivity contribution >= 4 is 25.6 Å². The third-order valence-electron chi connectivity index (χ3n) is 2.49. The minimum absolute atomic E-state index is 0.0301. The average Bonchev–Trinajstić information content (AvgIpc) is 2.36. The van der Waals surface area contributed by atoms with Gasteiger partial charge in [0.1, 0.15) is 6.61 Å². The number of carbonyl (C=O) groups is 1. The molecular weight excluding hydrogens is 328 g/mol. The van der Waals surface area contributed by atoms with Crippen LogP contribution in [-0.2, 0) is 13.8 Å². The van der Waals surface area contributed by atoms with Crippen LogP contribution in [0.15, 0.2) is 23.1 Å². The highest BCUT2D eigenvalue weighted by atomic mass is 35.7. The van der Waals surface area contributed by atoms with Crippen LogP contribution in [0, 0.1) is 6.92 Å². The van der Waals surface area contributed by atoms with Crippen molar-refractivity contribution in [2.45, 2.75) is 18.2 Å². The van der Waals surface area contributed by atoms with Gasteiger partial charge in [-0.1, -0.05) is 6.07 Å². The normalized spacial score (nSPS) is 11.7. The maximum Gasteiger partial charge on any atom is 0.261 e. The molecule has 1 aromatic carbocycles. The minimum atomic E-state index is -3.94. The Kier molecular flexibility index (Phi) is 6.50. The Hall–Kier alpha value is -1.25. The van der Waals surface area contributed by atoms with E-state index in [2.05, 4.69) is 10.1 Å². The van der Waals surface area contributed by atoms with Crippen LogP contribution in [0.3, 0.4) is 0 Å². The monoisotopic (exact) mass is 341 g/mol. The fourth-order valence-electron chi connectivity index (χ4n) is 1.52. The molecule has 0 heterocycles. The summed E-state index contributed by atoms with van der Waals surface area (Å²) in [6.45, 7) is 0.815. The van der Waals surface area contributed by atoms with Gasteiger partial charge in [0.25, 0.3) is 21.4 Å². The Bertz CT molecular complexity index is 607. The molecule has 0 fully saturated rings. The second-order valence-corrected chi connectivity index (χ2v) is 6.67. The predicted octanol–water partition coefficient (Wildman–Crippen LogP) is 1.93. The predicted molar refractivity (Wildman–Crippen MR) is 73.4 cm³/mol. The first-order chi connectivity index (χ1) is 9.71. The molecule has 1 N–H and O–H groups in total. The minimum Gasteiger partial charge on any atom is -0.374 e. The highest BCUT2D eigenvalue weighted by Crippen LogP contribution is 2.20. The van der Waals surface area contributed by atoms with E-state index >= 15 is 0 Å². The lowest BCUT2D eigenvalue weighted by atomic mass is 10.1. The van der Waals surface area contributed by atoms with Crippen LogP contribution in [0.25, 0.3) is 0 Å². The molecule has 1 aromatic rings. The molecule has 21 heavy (non-hydrogen) atoms. The van der Waals surface area contributed by atoms with Crippen LogP contribution in [0.2, 0.25) is 0 Å². The fraction of sp³-hybridized carbons (Fsp3) is 0.417. The zero-order chi connectivity index (χ0) is 16.0. The highest BCUT2D eigenvalue weighted by molar-refractivity contribution is 8.13. The number of ether oxygens (including phenoxy) is 1. The Labute approximate surface area is 125 Å².